The van der Waals surface area contributed by atoms with E-state index in [1.54, 1.807) is 0 Å². The maximum atomic E-state index is 5.42. The smallest absolute Gasteiger partial charge is 0.163 e. The van der Waals surface area contributed by atoms with Crippen LogP contribution >= 0.6 is 0 Å². The number of hydrogen-bond acceptors (Lipinski definition) is 8. The Labute approximate surface area is 208 Å². The summed E-state index contributed by atoms with van der Waals surface area (Å²) >= 11 is 0. The summed E-state index contributed by atoms with van der Waals surface area (Å²) in [6.07, 6.45) is 5.67. The lowest BCUT2D eigenvalue weighted by atomic mass is 9.85. The topological polar surface area (TPSA) is 95.1 Å². The van der Waals surface area contributed by atoms with E-state index < -0.39 is 0 Å². The Kier molecular flexibility index (Phi) is 4.57. The fraction of sp³-hybridized carbons (Fsp3) is 0.407. The summed E-state index contributed by atoms with van der Waals surface area (Å²) in [7, 11) is 0. The van der Waals surface area contributed by atoms with Crippen LogP contribution in [0.15, 0.2) is 48.7 Å². The molecule has 7 heterocycles. The highest BCUT2D eigenvalue weighted by atomic mass is 16.5. The molecule has 2 N–H and O–H groups in total. The number of aromatic amines is 1. The van der Waals surface area contributed by atoms with Gasteiger partial charge in [0.05, 0.1) is 24.8 Å². The number of anilines is 3. The van der Waals surface area contributed by atoms with E-state index in [0.717, 1.165) is 60.2 Å². The molecular weight excluding hydrogens is 452 g/mol. The maximum absolute atomic E-state index is 5.42. The largest absolute Gasteiger partial charge is 0.378 e. The van der Waals surface area contributed by atoms with E-state index in [4.69, 9.17) is 19.7 Å². The van der Waals surface area contributed by atoms with Crippen molar-refractivity contribution in [1.29, 1.82) is 0 Å². The molecule has 9 nitrogen and oxygen atoms in total. The fourth-order valence-electron chi connectivity index (χ4n) is 5.95. The van der Waals surface area contributed by atoms with Gasteiger partial charge < -0.3 is 15.0 Å². The van der Waals surface area contributed by atoms with Crippen molar-refractivity contribution in [3.05, 3.63) is 54.4 Å². The van der Waals surface area contributed by atoms with Crippen LogP contribution in [-0.4, -0.2) is 74.5 Å². The number of H-pyrrole nitrogens is 1. The third kappa shape index (κ3) is 3.45. The Hall–Kier alpha value is -3.56. The molecule has 2 bridgehead atoms. The minimum absolute atomic E-state index is 0.622. The van der Waals surface area contributed by atoms with Gasteiger partial charge in [0, 0.05) is 60.0 Å². The Morgan fingerprint density at radius 2 is 1.83 bits per heavy atom. The predicted molar refractivity (Wildman–Crippen MR) is 137 cm³/mol. The van der Waals surface area contributed by atoms with Gasteiger partial charge in [0.2, 0.25) is 0 Å². The first-order valence-corrected chi connectivity index (χ1v) is 12.9. The lowest BCUT2D eigenvalue weighted by Crippen LogP contribution is -2.74. The van der Waals surface area contributed by atoms with Gasteiger partial charge >= 0.3 is 0 Å². The van der Waals surface area contributed by atoms with Gasteiger partial charge in [0.1, 0.15) is 11.6 Å². The summed E-state index contributed by atoms with van der Waals surface area (Å²) in [5, 5.41) is 12.0. The average Bonchev–Trinajstić information content (AvgIpc) is 3.64. The van der Waals surface area contributed by atoms with Gasteiger partial charge in [-0.05, 0) is 43.5 Å². The van der Waals surface area contributed by atoms with Crippen LogP contribution in [0.1, 0.15) is 30.9 Å². The van der Waals surface area contributed by atoms with Crippen LogP contribution in [0.2, 0.25) is 0 Å². The quantitative estimate of drug-likeness (QED) is 0.431. The Balaban J connectivity index is 1.05. The highest BCUT2D eigenvalue weighted by Crippen LogP contribution is 2.40. The lowest BCUT2D eigenvalue weighted by Gasteiger charge is -2.60. The van der Waals surface area contributed by atoms with Crippen molar-refractivity contribution in [2.24, 2.45) is 0 Å². The zero-order valence-electron chi connectivity index (χ0n) is 20.0. The number of benzene rings is 1. The molecule has 3 aromatic heterocycles. The second kappa shape index (κ2) is 7.97. The van der Waals surface area contributed by atoms with Crippen molar-refractivity contribution in [2.45, 2.75) is 43.3 Å². The van der Waals surface area contributed by atoms with Crippen LogP contribution in [-0.2, 0) is 4.74 Å². The fourth-order valence-corrected chi connectivity index (χ4v) is 5.95. The first-order chi connectivity index (χ1) is 17.8. The second-order valence-corrected chi connectivity index (χ2v) is 10.5. The Morgan fingerprint density at radius 1 is 0.972 bits per heavy atom. The van der Waals surface area contributed by atoms with Gasteiger partial charge in [-0.2, -0.15) is 5.10 Å². The van der Waals surface area contributed by atoms with Crippen molar-refractivity contribution in [3.8, 4) is 11.4 Å². The van der Waals surface area contributed by atoms with Gasteiger partial charge in [0.15, 0.2) is 11.6 Å². The summed E-state index contributed by atoms with van der Waals surface area (Å²) in [4.78, 5) is 19.7. The molecule has 1 aromatic carbocycles. The lowest BCUT2D eigenvalue weighted by molar-refractivity contribution is -0.141. The molecule has 1 aliphatic carbocycles. The number of nitrogens with zero attached hydrogens (tertiary/aromatic N) is 6. The van der Waals surface area contributed by atoms with Gasteiger partial charge in [0.25, 0.3) is 0 Å². The standard InChI is InChI=1S/C27H28N8O/c1-2-4-22-21(3-1)27(30-24-10-23(32-33-24)16-5-6-16)31-26(29-22)17-7-8-25(28-11-17)34-12-18-9-19(13-34)35(18)20-14-36-15-20/h1-4,7-8,10-11,16,18-20H,5-6,9,12-15H2,(H2,29,30,31,32,33). The monoisotopic (exact) mass is 480 g/mol. The highest BCUT2D eigenvalue weighted by Gasteiger charge is 2.49. The molecule has 2 atom stereocenters. The minimum Gasteiger partial charge on any atom is -0.378 e. The molecule has 2 unspecified atom stereocenters. The number of piperazine rings is 1. The van der Waals surface area contributed by atoms with E-state index in [0.29, 0.717) is 29.9 Å². The molecule has 0 amide bonds. The maximum Gasteiger partial charge on any atom is 0.163 e. The van der Waals surface area contributed by atoms with Crippen LogP contribution in [0.5, 0.6) is 0 Å². The summed E-state index contributed by atoms with van der Waals surface area (Å²) in [5.74, 6) is 3.85. The van der Waals surface area contributed by atoms with Crippen molar-refractivity contribution >= 4 is 28.4 Å². The van der Waals surface area contributed by atoms with E-state index in [1.807, 2.05) is 30.5 Å². The number of para-hydroxylation sites is 1. The molecule has 9 heteroatoms. The molecule has 0 spiro atoms. The highest BCUT2D eigenvalue weighted by molar-refractivity contribution is 5.92. The van der Waals surface area contributed by atoms with Crippen LogP contribution in [0.3, 0.4) is 0 Å². The normalized spacial score (nSPS) is 23.9. The van der Waals surface area contributed by atoms with Crippen molar-refractivity contribution in [1.82, 2.24) is 30.0 Å². The number of hydrogen-bond donors (Lipinski definition) is 2. The van der Waals surface area contributed by atoms with Gasteiger partial charge in [-0.25, -0.2) is 15.0 Å². The van der Waals surface area contributed by atoms with Crippen molar-refractivity contribution in [2.75, 3.05) is 36.5 Å². The van der Waals surface area contributed by atoms with Crippen LogP contribution < -0.4 is 10.2 Å². The third-order valence-electron chi connectivity index (χ3n) is 8.09. The summed E-state index contributed by atoms with van der Waals surface area (Å²) in [6, 6.07) is 16.2. The number of nitrogens with one attached hydrogen (secondary N) is 2. The molecule has 0 radical (unpaired) electrons. The summed E-state index contributed by atoms with van der Waals surface area (Å²) in [5.41, 5.74) is 2.99. The average molecular weight is 481 g/mol. The molecule has 5 aliphatic rings. The zero-order chi connectivity index (χ0) is 23.6. The number of pyridine rings is 1. The second-order valence-electron chi connectivity index (χ2n) is 10.5. The van der Waals surface area contributed by atoms with Gasteiger partial charge in [-0.3, -0.25) is 10.00 Å². The predicted octanol–water partition coefficient (Wildman–Crippen LogP) is 3.70. The van der Waals surface area contributed by atoms with Crippen LogP contribution in [0.25, 0.3) is 22.3 Å². The van der Waals surface area contributed by atoms with E-state index >= 15 is 0 Å². The molecule has 4 aliphatic heterocycles. The first kappa shape index (κ1) is 20.6. The molecule has 9 rings (SSSR count). The van der Waals surface area contributed by atoms with Crippen molar-refractivity contribution < 1.29 is 4.74 Å². The number of piperidine rings is 1. The summed E-state index contributed by atoms with van der Waals surface area (Å²) < 4.78 is 5.42. The molecule has 1 saturated carbocycles. The van der Waals surface area contributed by atoms with E-state index in [2.05, 4.69) is 43.5 Å². The van der Waals surface area contributed by atoms with Gasteiger partial charge in [-0.1, -0.05) is 12.1 Å². The van der Waals surface area contributed by atoms with E-state index in [1.165, 1.54) is 25.0 Å². The number of ether oxygens (including phenoxy) is 1. The molecule has 4 aromatic rings. The van der Waals surface area contributed by atoms with E-state index in [-0.39, 0.29) is 0 Å². The number of rotatable bonds is 6. The third-order valence-corrected chi connectivity index (χ3v) is 8.09. The molecule has 182 valence electrons. The number of aromatic nitrogens is 5. The van der Waals surface area contributed by atoms with Crippen LogP contribution in [0.4, 0.5) is 17.5 Å². The summed E-state index contributed by atoms with van der Waals surface area (Å²) in [6.45, 7) is 3.85. The Bertz CT molecular complexity index is 1420. The SMILES string of the molecule is c1ccc2c(Nc3cc(C4CC4)[nH]n3)nc(-c3ccc(N4CC5CC(C4)N5C4COC4)nc3)nc2c1. The molecule has 5 fully saturated rings. The minimum atomic E-state index is 0.622. The molecular formula is C27H28N8O. The zero-order valence-corrected chi connectivity index (χ0v) is 20.0. The Morgan fingerprint density at radius 3 is 2.58 bits per heavy atom. The molecule has 4 saturated heterocycles. The van der Waals surface area contributed by atoms with E-state index in [9.17, 15) is 0 Å². The van der Waals surface area contributed by atoms with Gasteiger partial charge in [-0.15, -0.1) is 0 Å². The number of fused-ring (bicyclic) bond motifs is 3. The molecule has 36 heavy (non-hydrogen) atoms. The first-order valence-electron chi connectivity index (χ1n) is 12.9. The van der Waals surface area contributed by atoms with Crippen LogP contribution in [0, 0.1) is 0 Å². The van der Waals surface area contributed by atoms with Crippen molar-refractivity contribution in [3.63, 3.8) is 0 Å².